The van der Waals surface area contributed by atoms with E-state index in [1.165, 1.54) is 0 Å². The average Bonchev–Trinajstić information content (AvgIpc) is 1.62. The van der Waals surface area contributed by atoms with Crippen molar-refractivity contribution >= 4 is 0 Å². The molecular weight excluding hydrogens is 143 g/mol. The minimum Gasteiger partial charge on any atom is -0.244 e. The van der Waals surface area contributed by atoms with Gasteiger partial charge in [-0.15, -0.1) is 0 Å². The first-order chi connectivity index (χ1) is 3.85. The van der Waals surface area contributed by atoms with Crippen molar-refractivity contribution in [1.29, 1.82) is 0 Å². The summed E-state index contributed by atoms with van der Waals surface area (Å²) in [5.74, 6) is 0. The highest BCUT2D eigenvalue weighted by Crippen LogP contribution is 2.26. The van der Waals surface area contributed by atoms with E-state index in [1.807, 2.05) is 0 Å². The molecule has 56 valence electrons. The van der Waals surface area contributed by atoms with Gasteiger partial charge in [-0.3, -0.25) is 0 Å². The third-order valence-corrected chi connectivity index (χ3v) is 0.716. The van der Waals surface area contributed by atoms with Gasteiger partial charge in [0.25, 0.3) is 0 Å². The molecule has 0 saturated heterocycles. The zero-order valence-corrected chi connectivity index (χ0v) is 4.54. The summed E-state index contributed by atoms with van der Waals surface area (Å²) >= 11 is 0. The highest BCUT2D eigenvalue weighted by atomic mass is 19.4. The van der Waals surface area contributed by atoms with E-state index in [1.54, 1.807) is 0 Å². The number of halogens is 5. The molecule has 5 heteroatoms. The zero-order chi connectivity index (χ0) is 7.65. The third-order valence-electron chi connectivity index (χ3n) is 0.716. The fraction of sp³-hybridized carbons (Fsp3) is 1.00. The van der Waals surface area contributed by atoms with Crippen molar-refractivity contribution in [3.05, 3.63) is 0 Å². The van der Waals surface area contributed by atoms with Crippen molar-refractivity contribution in [2.75, 3.05) is 0 Å². The Bertz CT molecular complexity index is 83.4. The van der Waals surface area contributed by atoms with Crippen molar-refractivity contribution in [1.82, 2.24) is 0 Å². The smallest absolute Gasteiger partial charge is 0.244 e. The molecule has 0 spiro atoms. The quantitative estimate of drug-likeness (QED) is 0.500. The van der Waals surface area contributed by atoms with Gasteiger partial charge >= 0.3 is 6.18 Å². The molecule has 0 aliphatic rings. The first-order valence-corrected chi connectivity index (χ1v) is 2.20. The Labute approximate surface area is 48.7 Å². The largest absolute Gasteiger partial charge is 0.422 e. The molecule has 0 aromatic rings. The van der Waals surface area contributed by atoms with E-state index in [4.69, 9.17) is 0 Å². The summed E-state index contributed by atoms with van der Waals surface area (Å²) in [6, 6.07) is 0. The predicted octanol–water partition coefficient (Wildman–Crippen LogP) is 2.24. The van der Waals surface area contributed by atoms with Crippen LogP contribution in [0.3, 0.4) is 0 Å². The average molecular weight is 148 g/mol. The van der Waals surface area contributed by atoms with Gasteiger partial charge in [0.1, 0.15) is 6.17 Å². The summed E-state index contributed by atoms with van der Waals surface area (Å²) < 4.78 is 56.3. The van der Waals surface area contributed by atoms with Crippen LogP contribution in [0.1, 0.15) is 6.92 Å². The Morgan fingerprint density at radius 3 is 1.44 bits per heavy atom. The topological polar surface area (TPSA) is 0 Å². The lowest BCUT2D eigenvalue weighted by Gasteiger charge is -2.11. The lowest BCUT2D eigenvalue weighted by Crippen LogP contribution is -2.31. The standard InChI is InChI=1S/C4H5F5/c1-2(5)3(6)4(7,8)9/h2-3H,1H3. The van der Waals surface area contributed by atoms with Gasteiger partial charge in [-0.1, -0.05) is 0 Å². The van der Waals surface area contributed by atoms with Crippen molar-refractivity contribution in [3.63, 3.8) is 0 Å². The third kappa shape index (κ3) is 2.62. The predicted molar refractivity (Wildman–Crippen MR) is 21.5 cm³/mol. The Morgan fingerprint density at radius 2 is 1.44 bits per heavy atom. The number of rotatable bonds is 1. The SMILES string of the molecule is CC(F)C(F)C(F)(F)F. The number of hydrogen-bond acceptors (Lipinski definition) is 0. The molecule has 0 aliphatic heterocycles. The molecule has 0 aliphatic carbocycles. The van der Waals surface area contributed by atoms with E-state index in [0.29, 0.717) is 6.92 Å². The molecule has 2 atom stereocenters. The second-order valence-corrected chi connectivity index (χ2v) is 1.62. The molecule has 0 N–H and O–H groups in total. The van der Waals surface area contributed by atoms with Gasteiger partial charge in [0.2, 0.25) is 6.17 Å². The minimum absolute atomic E-state index is 0.526. The molecule has 0 aromatic heterocycles. The fourth-order valence-electron chi connectivity index (χ4n) is 0.260. The van der Waals surface area contributed by atoms with Crippen LogP contribution in [0.5, 0.6) is 0 Å². The van der Waals surface area contributed by atoms with Crippen LogP contribution in [0.4, 0.5) is 22.0 Å². The lowest BCUT2D eigenvalue weighted by atomic mass is 10.3. The summed E-state index contributed by atoms with van der Waals surface area (Å²) in [5.41, 5.74) is 0. The molecule has 0 radical (unpaired) electrons. The number of hydrogen-bond donors (Lipinski definition) is 0. The normalized spacial score (nSPS) is 19.3. The van der Waals surface area contributed by atoms with Crippen LogP contribution in [-0.4, -0.2) is 18.5 Å². The molecule has 0 nitrogen and oxygen atoms in total. The molecule has 0 rings (SSSR count). The Kier molecular flexibility index (Phi) is 2.40. The van der Waals surface area contributed by atoms with Gasteiger partial charge in [0.15, 0.2) is 0 Å². The fourth-order valence-corrected chi connectivity index (χ4v) is 0.260. The van der Waals surface area contributed by atoms with Gasteiger partial charge in [0.05, 0.1) is 0 Å². The second kappa shape index (κ2) is 2.49. The zero-order valence-electron chi connectivity index (χ0n) is 4.54. The Hall–Kier alpha value is -0.350. The van der Waals surface area contributed by atoms with Crippen molar-refractivity contribution in [3.8, 4) is 0 Å². The van der Waals surface area contributed by atoms with Crippen LogP contribution in [0.25, 0.3) is 0 Å². The molecule has 0 heterocycles. The van der Waals surface area contributed by atoms with Crippen molar-refractivity contribution in [2.24, 2.45) is 0 Å². The summed E-state index contributed by atoms with van der Waals surface area (Å²) in [4.78, 5) is 0. The Balaban J connectivity index is 3.88. The van der Waals surface area contributed by atoms with Crippen LogP contribution < -0.4 is 0 Å². The summed E-state index contributed by atoms with van der Waals surface area (Å²) in [6.07, 6.45) is -10.9. The lowest BCUT2D eigenvalue weighted by molar-refractivity contribution is -0.194. The van der Waals surface area contributed by atoms with E-state index >= 15 is 0 Å². The highest BCUT2D eigenvalue weighted by molar-refractivity contribution is 4.70. The molecule has 0 aromatic carbocycles. The van der Waals surface area contributed by atoms with E-state index in [9.17, 15) is 22.0 Å². The second-order valence-electron chi connectivity index (χ2n) is 1.62. The van der Waals surface area contributed by atoms with Crippen LogP contribution in [0.15, 0.2) is 0 Å². The van der Waals surface area contributed by atoms with E-state index in [2.05, 4.69) is 0 Å². The molecule has 0 saturated carbocycles. The van der Waals surface area contributed by atoms with Crippen molar-refractivity contribution < 1.29 is 22.0 Å². The van der Waals surface area contributed by atoms with Crippen molar-refractivity contribution in [2.45, 2.75) is 25.4 Å². The minimum atomic E-state index is -5.06. The van der Waals surface area contributed by atoms with Gasteiger partial charge in [0, 0.05) is 0 Å². The van der Waals surface area contributed by atoms with Gasteiger partial charge in [-0.25, -0.2) is 8.78 Å². The van der Waals surface area contributed by atoms with Crippen LogP contribution in [0, 0.1) is 0 Å². The maximum absolute atomic E-state index is 11.5. The summed E-state index contributed by atoms with van der Waals surface area (Å²) in [6.45, 7) is 0.526. The molecule has 2 unspecified atom stereocenters. The molecule has 0 amide bonds. The number of alkyl halides is 5. The van der Waals surface area contributed by atoms with Gasteiger partial charge < -0.3 is 0 Å². The van der Waals surface area contributed by atoms with Crippen LogP contribution >= 0.6 is 0 Å². The highest BCUT2D eigenvalue weighted by Gasteiger charge is 2.43. The van der Waals surface area contributed by atoms with E-state index in [-0.39, 0.29) is 0 Å². The van der Waals surface area contributed by atoms with Crippen LogP contribution in [-0.2, 0) is 0 Å². The molecular formula is C4H5F5. The monoisotopic (exact) mass is 148 g/mol. The first kappa shape index (κ1) is 8.65. The maximum atomic E-state index is 11.5. The first-order valence-electron chi connectivity index (χ1n) is 2.20. The van der Waals surface area contributed by atoms with Crippen LogP contribution in [0.2, 0.25) is 0 Å². The summed E-state index contributed by atoms with van der Waals surface area (Å²) in [5, 5.41) is 0. The molecule has 9 heavy (non-hydrogen) atoms. The van der Waals surface area contributed by atoms with E-state index < -0.39 is 18.5 Å². The van der Waals surface area contributed by atoms with E-state index in [0.717, 1.165) is 0 Å². The Morgan fingerprint density at radius 1 is 1.11 bits per heavy atom. The van der Waals surface area contributed by atoms with Gasteiger partial charge in [-0.05, 0) is 6.92 Å². The summed E-state index contributed by atoms with van der Waals surface area (Å²) in [7, 11) is 0. The molecule has 0 fully saturated rings. The maximum Gasteiger partial charge on any atom is 0.422 e. The van der Waals surface area contributed by atoms with Gasteiger partial charge in [-0.2, -0.15) is 13.2 Å². The molecule has 0 bridgehead atoms.